The Hall–Kier alpha value is -0.331. The van der Waals surface area contributed by atoms with Gasteiger partial charge in [0.2, 0.25) is 0 Å². The molecule has 0 N–H and O–H groups in total. The van der Waals surface area contributed by atoms with Crippen molar-refractivity contribution in [2.45, 2.75) is 21.6 Å². The van der Waals surface area contributed by atoms with Crippen LogP contribution in [0.4, 0.5) is 0 Å². The molecular weight excluding hydrogens is 1190 g/mol. The Morgan fingerprint density at radius 3 is 1.06 bits per heavy atom. The molecule has 5 rings (SSSR count). The van der Waals surface area contributed by atoms with Crippen LogP contribution in [0.1, 0.15) is 57.0 Å². The minimum Gasteiger partial charge on any atom is -0.748 e. The van der Waals surface area contributed by atoms with E-state index in [1.54, 1.807) is 42.5 Å². The Morgan fingerprint density at radius 1 is 0.416 bits per heavy atom. The van der Waals surface area contributed by atoms with E-state index >= 15 is 0 Å². The molecule has 0 aliphatic heterocycles. The summed E-state index contributed by atoms with van der Waals surface area (Å²) in [6.45, 7) is 37.1. The van der Waals surface area contributed by atoms with Gasteiger partial charge < -0.3 is 18.2 Å². The van der Waals surface area contributed by atoms with E-state index in [4.69, 9.17) is 25.6 Å². The smallest absolute Gasteiger partial charge is 0.748 e. The second kappa shape index (κ2) is 51.3. The zero-order chi connectivity index (χ0) is 56.3. The monoisotopic (exact) mass is 1240 g/mol. The number of allylic oxidation sites excluding steroid dienone is 1. The van der Waals surface area contributed by atoms with Crippen LogP contribution in [0.2, 0.25) is 0 Å². The van der Waals surface area contributed by atoms with Crippen molar-refractivity contribution in [3.63, 3.8) is 0 Å². The van der Waals surface area contributed by atoms with Gasteiger partial charge in [-0.2, -0.15) is 0 Å². The molecule has 15 nitrogen and oxygen atoms in total. The predicted octanol–water partition coefficient (Wildman–Crippen LogP) is -4.90. The first-order valence-electron chi connectivity index (χ1n) is 19.6. The molecule has 5 aromatic rings. The van der Waals surface area contributed by atoms with Gasteiger partial charge >= 0.3 is 224 Å². The van der Waals surface area contributed by atoms with Gasteiger partial charge in [0.1, 0.15) is 30.4 Å². The van der Waals surface area contributed by atoms with Crippen LogP contribution in [0.5, 0.6) is 0 Å². The van der Waals surface area contributed by atoms with Crippen molar-refractivity contribution in [3.05, 3.63) is 231 Å². The molecule has 0 bridgehead atoms. The predicted molar refractivity (Wildman–Crippen MR) is 287 cm³/mol. The summed E-state index contributed by atoms with van der Waals surface area (Å²) in [4.78, 5) is -0.771. The van der Waals surface area contributed by atoms with Crippen LogP contribution in [0.25, 0.3) is 54.7 Å². The van der Waals surface area contributed by atoms with Crippen molar-refractivity contribution in [2.24, 2.45) is 0 Å². The molecule has 0 saturated carbocycles. The standard InChI is InChI=1S/3C10H10O3S.C10H9.C8H8.C3H6.CH4O3S.3K.2Na.O3S/c1-3-8-5-9(4-2)7-10(6-8)14(11,12)13;1-3-8-5-6-10(14(11,12)13)9(4-2)7-8;1-3-8-5-6-9(4-2)10(7-8)14(11,12)13;1-3-9-6-5-7-10(4-2)8-9;1-2-8-6-4-3-5-7-8;1-3-2;1-5(2,3)4;;;;;;1-4(2)3/h3*3-7H,1-2H2,(H,11,12,13);3-7H,1-2H2;2-7H,1H2;3H,1H2,2H3;1H3,(H,2,3,4);;;;;;/q;;;-1;;;;5*+1;/p-4. The van der Waals surface area contributed by atoms with Crippen LogP contribution in [-0.4, -0.2) is 70.8 Å². The molecule has 25 heteroatoms. The molecule has 0 amide bonds. The average Bonchev–Trinajstić information content (AvgIpc) is 3.33. The number of benzene rings is 5. The van der Waals surface area contributed by atoms with Crippen LogP contribution in [-0.2, 0) is 51.1 Å². The summed E-state index contributed by atoms with van der Waals surface area (Å²) in [5.41, 5.74) is 6.30. The molecular formula is C52H53K3Na2O15S5. The van der Waals surface area contributed by atoms with E-state index < -0.39 is 51.1 Å². The molecule has 0 aliphatic carbocycles. The van der Waals surface area contributed by atoms with Gasteiger partial charge in [0.05, 0.1) is 24.8 Å². The normalized spacial score (nSPS) is 9.22. The third kappa shape index (κ3) is 48.9. The van der Waals surface area contributed by atoms with E-state index in [-0.39, 0.29) is 228 Å². The van der Waals surface area contributed by atoms with E-state index in [0.717, 1.165) is 16.7 Å². The molecule has 0 aromatic heterocycles. The first-order chi connectivity index (χ1) is 33.4. The summed E-state index contributed by atoms with van der Waals surface area (Å²) in [7, 11) is -20.3. The molecule has 0 spiro atoms. The van der Waals surface area contributed by atoms with Crippen LogP contribution < -0.4 is 213 Å². The van der Waals surface area contributed by atoms with Crippen LogP contribution in [0.3, 0.4) is 0 Å². The van der Waals surface area contributed by atoms with Crippen molar-refractivity contribution in [2.75, 3.05) is 6.26 Å². The number of hydrogen-bond donors (Lipinski definition) is 0. The molecule has 0 radical (unpaired) electrons. The first-order valence-corrected chi connectivity index (χ1v) is 26.7. The quantitative estimate of drug-likeness (QED) is 0.0490. The summed E-state index contributed by atoms with van der Waals surface area (Å²) >= 11 is 0. The van der Waals surface area contributed by atoms with Gasteiger partial charge in [0.15, 0.2) is 0 Å². The molecule has 77 heavy (non-hydrogen) atoms. The number of rotatable bonds is 12. The van der Waals surface area contributed by atoms with Gasteiger partial charge in [-0.1, -0.05) is 143 Å². The van der Waals surface area contributed by atoms with E-state index in [2.05, 4.69) is 71.9 Å². The molecule has 0 aliphatic rings. The van der Waals surface area contributed by atoms with Crippen molar-refractivity contribution in [3.8, 4) is 0 Å². The Kier molecular flexibility index (Phi) is 62.0. The van der Waals surface area contributed by atoms with Crippen molar-refractivity contribution >= 4 is 106 Å². The van der Waals surface area contributed by atoms with Crippen molar-refractivity contribution < 1.29 is 278 Å². The maximum atomic E-state index is 10.8. The summed E-state index contributed by atoms with van der Waals surface area (Å²) in [6, 6.07) is 32.1. The molecule has 386 valence electrons. The van der Waals surface area contributed by atoms with E-state index in [1.165, 1.54) is 72.3 Å². The van der Waals surface area contributed by atoms with Gasteiger partial charge in [-0.15, -0.1) is 79.9 Å². The van der Waals surface area contributed by atoms with Gasteiger partial charge in [0, 0.05) is 6.26 Å². The minimum atomic E-state index is -4.45. The van der Waals surface area contributed by atoms with Crippen LogP contribution in [0, 0.1) is 6.07 Å². The topological polar surface area (TPSA) is 280 Å². The molecule has 0 unspecified atom stereocenters. The van der Waals surface area contributed by atoms with Crippen LogP contribution in [0.15, 0.2) is 190 Å². The fourth-order valence-corrected chi connectivity index (χ4v) is 6.45. The molecule has 0 fully saturated rings. The van der Waals surface area contributed by atoms with Gasteiger partial charge in [-0.3, -0.25) is 0 Å². The largest absolute Gasteiger partial charge is 1.00 e. The minimum absolute atomic E-state index is 0. The van der Waals surface area contributed by atoms with Gasteiger partial charge in [0.25, 0.3) is 0 Å². The van der Waals surface area contributed by atoms with Gasteiger partial charge in [-0.25, -0.2) is 33.7 Å². The second-order valence-corrected chi connectivity index (χ2v) is 18.8. The fraction of sp³-hybridized carbons (Fsp3) is 0.0385. The maximum Gasteiger partial charge on any atom is 1.00 e. The summed E-state index contributed by atoms with van der Waals surface area (Å²) in [6.07, 6.45) is 16.4. The Bertz CT molecular complexity index is 3200. The molecule has 0 atom stereocenters. The zero-order valence-electron chi connectivity index (χ0n) is 44.3. The molecule has 5 aromatic carbocycles. The summed E-state index contributed by atoms with van der Waals surface area (Å²) < 4.78 is 150. The van der Waals surface area contributed by atoms with Gasteiger partial charge in [-0.05, 0) is 82.3 Å². The van der Waals surface area contributed by atoms with E-state index in [0.29, 0.717) is 34.1 Å². The number of hydrogen-bond acceptors (Lipinski definition) is 15. The summed E-state index contributed by atoms with van der Waals surface area (Å²) in [5, 5.41) is 0. The van der Waals surface area contributed by atoms with Crippen molar-refractivity contribution in [1.82, 2.24) is 0 Å². The third-order valence-electron chi connectivity index (χ3n) is 7.55. The SMILES string of the molecule is C=CC.C=Cc1[c-]c(C=C)ccc1.C=Cc1cc(C=C)cc(S(=O)(=O)[O-])c1.C=Cc1ccc(C=C)c(S(=O)(=O)[O-])c1.C=Cc1ccc(S(=O)(=O)[O-])c(C=C)c1.C=Cc1ccccc1.CS(=O)(=O)[O-].O=S(=O)=O.[K+].[K+].[K+].[Na+].[Na+]. The maximum absolute atomic E-state index is 10.8. The van der Waals surface area contributed by atoms with E-state index in [9.17, 15) is 38.9 Å². The second-order valence-electron chi connectivity index (χ2n) is 12.9. The summed E-state index contributed by atoms with van der Waals surface area (Å²) in [5.74, 6) is 0. The fourth-order valence-electron chi connectivity index (χ4n) is 4.50. The third-order valence-corrected chi connectivity index (χ3v) is 10.2. The Balaban J connectivity index is -0.000000121. The van der Waals surface area contributed by atoms with E-state index in [1.807, 2.05) is 61.5 Å². The first kappa shape index (κ1) is 93.1. The molecule has 0 saturated heterocycles. The van der Waals surface area contributed by atoms with Crippen molar-refractivity contribution in [1.29, 1.82) is 0 Å². The zero-order valence-corrected chi connectivity index (χ0v) is 61.8. The average molecular weight is 1240 g/mol. The Labute approximate surface area is 630 Å². The Morgan fingerprint density at radius 2 is 0.766 bits per heavy atom. The van der Waals surface area contributed by atoms with Crippen LogP contribution >= 0.6 is 0 Å². The molecule has 0 heterocycles.